The van der Waals surface area contributed by atoms with Gasteiger partial charge in [0.1, 0.15) is 6.17 Å². The fourth-order valence-corrected chi connectivity index (χ4v) is 3.23. The highest BCUT2D eigenvalue weighted by atomic mass is 16.2. The van der Waals surface area contributed by atoms with Gasteiger partial charge in [0.2, 0.25) is 0 Å². The van der Waals surface area contributed by atoms with Crippen molar-refractivity contribution >= 4 is 17.3 Å². The van der Waals surface area contributed by atoms with E-state index in [0.717, 1.165) is 24.3 Å². The lowest BCUT2D eigenvalue weighted by Crippen LogP contribution is -2.38. The van der Waals surface area contributed by atoms with Crippen LogP contribution in [0, 0.1) is 0 Å². The van der Waals surface area contributed by atoms with Crippen molar-refractivity contribution in [2.45, 2.75) is 19.0 Å². The number of fused-ring (bicyclic) bond motifs is 1. The topological polar surface area (TPSA) is 44.4 Å². The zero-order valence-electron chi connectivity index (χ0n) is 12.4. The van der Waals surface area contributed by atoms with Gasteiger partial charge in [0.05, 0.1) is 5.56 Å². The Labute approximate surface area is 130 Å². The first kappa shape index (κ1) is 13.2. The van der Waals surface area contributed by atoms with E-state index in [1.54, 1.807) is 0 Å². The van der Waals surface area contributed by atoms with Crippen molar-refractivity contribution < 1.29 is 4.79 Å². The molecule has 2 N–H and O–H groups in total. The summed E-state index contributed by atoms with van der Waals surface area (Å²) >= 11 is 0. The van der Waals surface area contributed by atoms with Gasteiger partial charge in [-0.05, 0) is 42.7 Å². The number of nitrogens with zero attached hydrogens (tertiary/aromatic N) is 1. The van der Waals surface area contributed by atoms with E-state index in [0.29, 0.717) is 5.56 Å². The Bertz CT molecular complexity index is 690. The van der Waals surface area contributed by atoms with E-state index >= 15 is 0 Å². The van der Waals surface area contributed by atoms with Gasteiger partial charge in [0, 0.05) is 24.5 Å². The van der Waals surface area contributed by atoms with Gasteiger partial charge in [-0.25, -0.2) is 0 Å². The van der Waals surface area contributed by atoms with Crippen molar-refractivity contribution in [2.24, 2.45) is 0 Å². The standard InChI is InChI=1S/C18H19N3O/c22-18-15-5-1-2-6-16(15)19-17(20-18)13-7-9-14(10-8-13)21-11-3-4-12-21/h1-2,5-10,17,19H,3-4,11-12H2,(H,20,22). The average Bonchev–Trinajstić information content (AvgIpc) is 3.09. The number of anilines is 2. The van der Waals surface area contributed by atoms with Gasteiger partial charge >= 0.3 is 0 Å². The molecule has 2 aliphatic rings. The Morgan fingerprint density at radius 3 is 2.41 bits per heavy atom. The summed E-state index contributed by atoms with van der Waals surface area (Å²) < 4.78 is 0. The third-order valence-electron chi connectivity index (χ3n) is 4.44. The average molecular weight is 293 g/mol. The molecule has 112 valence electrons. The Kier molecular flexibility index (Phi) is 3.22. The van der Waals surface area contributed by atoms with Gasteiger partial charge in [0.15, 0.2) is 0 Å². The third kappa shape index (κ3) is 2.30. The molecule has 4 rings (SSSR count). The number of hydrogen-bond donors (Lipinski definition) is 2. The number of amides is 1. The maximum Gasteiger partial charge on any atom is 0.255 e. The molecule has 2 heterocycles. The largest absolute Gasteiger partial charge is 0.372 e. The molecular weight excluding hydrogens is 274 g/mol. The lowest BCUT2D eigenvalue weighted by molar-refractivity contribution is 0.0935. The highest BCUT2D eigenvalue weighted by molar-refractivity contribution is 6.01. The van der Waals surface area contributed by atoms with Crippen LogP contribution in [0.5, 0.6) is 0 Å². The maximum absolute atomic E-state index is 12.2. The number of rotatable bonds is 2. The van der Waals surface area contributed by atoms with Crippen LogP contribution >= 0.6 is 0 Å². The quantitative estimate of drug-likeness (QED) is 0.894. The summed E-state index contributed by atoms with van der Waals surface area (Å²) in [4.78, 5) is 14.6. The fraction of sp³-hybridized carbons (Fsp3) is 0.278. The fourth-order valence-electron chi connectivity index (χ4n) is 3.23. The van der Waals surface area contributed by atoms with Crippen LogP contribution in [0.2, 0.25) is 0 Å². The highest BCUT2D eigenvalue weighted by Gasteiger charge is 2.24. The van der Waals surface area contributed by atoms with E-state index < -0.39 is 0 Å². The zero-order valence-corrected chi connectivity index (χ0v) is 12.4. The Hall–Kier alpha value is -2.49. The van der Waals surface area contributed by atoms with E-state index in [9.17, 15) is 4.79 Å². The minimum absolute atomic E-state index is 0.0250. The smallest absolute Gasteiger partial charge is 0.255 e. The monoisotopic (exact) mass is 293 g/mol. The van der Waals surface area contributed by atoms with Gasteiger partial charge in [0.25, 0.3) is 5.91 Å². The molecule has 1 unspecified atom stereocenters. The Morgan fingerprint density at radius 1 is 0.909 bits per heavy atom. The van der Waals surface area contributed by atoms with Crippen LogP contribution in [0.1, 0.15) is 34.9 Å². The molecule has 22 heavy (non-hydrogen) atoms. The van der Waals surface area contributed by atoms with Crippen molar-refractivity contribution in [2.75, 3.05) is 23.3 Å². The summed E-state index contributed by atoms with van der Waals surface area (Å²) in [5.41, 5.74) is 3.93. The summed E-state index contributed by atoms with van der Waals surface area (Å²) in [5, 5.41) is 6.40. The number of carbonyl (C=O) groups excluding carboxylic acids is 1. The second-order valence-electron chi connectivity index (χ2n) is 5.88. The first-order chi connectivity index (χ1) is 10.8. The molecule has 1 fully saturated rings. The molecule has 1 amide bonds. The number of para-hydroxylation sites is 1. The zero-order chi connectivity index (χ0) is 14.9. The van der Waals surface area contributed by atoms with Crippen molar-refractivity contribution in [3.8, 4) is 0 Å². The normalized spacial score (nSPS) is 20.3. The van der Waals surface area contributed by atoms with Crippen LogP contribution in [0.15, 0.2) is 48.5 Å². The van der Waals surface area contributed by atoms with Gasteiger partial charge in [-0.1, -0.05) is 24.3 Å². The molecule has 0 bridgehead atoms. The summed E-state index contributed by atoms with van der Waals surface area (Å²) in [7, 11) is 0. The van der Waals surface area contributed by atoms with Crippen LogP contribution in [-0.2, 0) is 0 Å². The van der Waals surface area contributed by atoms with Crippen LogP contribution in [0.4, 0.5) is 11.4 Å². The number of carbonyl (C=O) groups is 1. The SMILES string of the molecule is O=C1NC(c2ccc(N3CCCC3)cc2)Nc2ccccc21. The van der Waals surface area contributed by atoms with Gasteiger partial charge in [-0.15, -0.1) is 0 Å². The molecule has 0 saturated carbocycles. The minimum Gasteiger partial charge on any atom is -0.372 e. The molecule has 2 aliphatic heterocycles. The van der Waals surface area contributed by atoms with Crippen molar-refractivity contribution in [3.63, 3.8) is 0 Å². The molecule has 0 spiro atoms. The summed E-state index contributed by atoms with van der Waals surface area (Å²) in [6.07, 6.45) is 2.38. The molecular formula is C18H19N3O. The predicted octanol–water partition coefficient (Wildman–Crippen LogP) is 3.14. The molecule has 1 atom stereocenters. The predicted molar refractivity (Wildman–Crippen MR) is 88.2 cm³/mol. The number of hydrogen-bond acceptors (Lipinski definition) is 3. The summed E-state index contributed by atoms with van der Waals surface area (Å²) in [6, 6.07) is 16.1. The third-order valence-corrected chi connectivity index (χ3v) is 4.44. The highest BCUT2D eigenvalue weighted by Crippen LogP contribution is 2.28. The number of benzene rings is 2. The van der Waals surface area contributed by atoms with E-state index in [-0.39, 0.29) is 12.1 Å². The Balaban J connectivity index is 1.56. The van der Waals surface area contributed by atoms with Gasteiger partial charge < -0.3 is 15.5 Å². The molecule has 1 saturated heterocycles. The minimum atomic E-state index is -0.171. The first-order valence-electron chi connectivity index (χ1n) is 7.82. The maximum atomic E-state index is 12.2. The molecule has 0 aliphatic carbocycles. The van der Waals surface area contributed by atoms with E-state index in [4.69, 9.17) is 0 Å². The van der Waals surface area contributed by atoms with Crippen molar-refractivity contribution in [3.05, 3.63) is 59.7 Å². The number of nitrogens with one attached hydrogen (secondary N) is 2. The second-order valence-corrected chi connectivity index (χ2v) is 5.88. The van der Waals surface area contributed by atoms with E-state index in [1.165, 1.54) is 18.5 Å². The van der Waals surface area contributed by atoms with Crippen LogP contribution in [-0.4, -0.2) is 19.0 Å². The van der Waals surface area contributed by atoms with Crippen molar-refractivity contribution in [1.82, 2.24) is 5.32 Å². The second kappa shape index (κ2) is 5.37. The van der Waals surface area contributed by atoms with E-state index in [2.05, 4.69) is 39.8 Å². The van der Waals surface area contributed by atoms with Gasteiger partial charge in [-0.2, -0.15) is 0 Å². The van der Waals surface area contributed by atoms with E-state index in [1.807, 2.05) is 24.3 Å². The summed E-state index contributed by atoms with van der Waals surface area (Å²) in [6.45, 7) is 2.29. The lowest BCUT2D eigenvalue weighted by Gasteiger charge is -2.28. The molecule has 4 nitrogen and oxygen atoms in total. The van der Waals surface area contributed by atoms with Crippen LogP contribution in [0.3, 0.4) is 0 Å². The van der Waals surface area contributed by atoms with Crippen LogP contribution < -0.4 is 15.5 Å². The lowest BCUT2D eigenvalue weighted by atomic mass is 10.1. The molecule has 0 radical (unpaired) electrons. The Morgan fingerprint density at radius 2 is 1.64 bits per heavy atom. The van der Waals surface area contributed by atoms with Crippen LogP contribution in [0.25, 0.3) is 0 Å². The molecule has 2 aromatic rings. The summed E-state index contributed by atoms with van der Waals surface area (Å²) in [5.74, 6) is -0.0250. The molecule has 4 heteroatoms. The molecule has 0 aromatic heterocycles. The molecule has 2 aromatic carbocycles. The van der Waals surface area contributed by atoms with Crippen molar-refractivity contribution in [1.29, 1.82) is 0 Å². The first-order valence-corrected chi connectivity index (χ1v) is 7.82. The van der Waals surface area contributed by atoms with Gasteiger partial charge in [-0.3, -0.25) is 4.79 Å².